The Hall–Kier alpha value is -0.380. The van der Waals surface area contributed by atoms with Gasteiger partial charge < -0.3 is 15.3 Å². The molecule has 0 heterocycles. The van der Waals surface area contributed by atoms with Crippen LogP contribution in [0.25, 0.3) is 0 Å². The Morgan fingerprint density at radius 3 is 2.48 bits per heavy atom. The minimum Gasteiger partial charge on any atom is -0.396 e. The number of aliphatic hydroxyl groups excluding tert-OH is 3. The zero-order valence-electron chi connectivity index (χ0n) is 14.4. The normalized spacial score (nSPS) is 51.2. The molecule has 4 aliphatic carbocycles. The topological polar surface area (TPSA) is 60.7 Å². The molecule has 3 heteroatoms. The van der Waals surface area contributed by atoms with Gasteiger partial charge >= 0.3 is 0 Å². The van der Waals surface area contributed by atoms with Gasteiger partial charge in [-0.3, -0.25) is 0 Å². The predicted octanol–water partition coefficient (Wildman–Crippen LogP) is 2.89. The maximum Gasteiger partial charge on any atom is 0.0552 e. The largest absolute Gasteiger partial charge is 0.396 e. The van der Waals surface area contributed by atoms with Crippen molar-refractivity contribution in [2.24, 2.45) is 34.0 Å². The highest BCUT2D eigenvalue weighted by atomic mass is 16.3. The van der Waals surface area contributed by atoms with E-state index in [-0.39, 0.29) is 18.6 Å². The van der Waals surface area contributed by atoms with Crippen molar-refractivity contribution >= 4 is 0 Å². The molecule has 4 saturated carbocycles. The quantitative estimate of drug-likeness (QED) is 0.686. The number of hydrogen-bond acceptors (Lipinski definition) is 3. The molecule has 3 N–H and O–H groups in total. The fourth-order valence-corrected chi connectivity index (χ4v) is 7.83. The Bertz CT molecular complexity index is 511. The highest BCUT2D eigenvalue weighted by molar-refractivity contribution is 5.22. The summed E-state index contributed by atoms with van der Waals surface area (Å²) in [5.41, 5.74) is 1.39. The van der Waals surface area contributed by atoms with Crippen LogP contribution in [0.15, 0.2) is 12.2 Å². The van der Waals surface area contributed by atoms with E-state index in [0.717, 1.165) is 18.8 Å². The lowest BCUT2D eigenvalue weighted by molar-refractivity contribution is -0.200. The molecule has 0 radical (unpaired) electrons. The van der Waals surface area contributed by atoms with Crippen molar-refractivity contribution in [3.8, 4) is 0 Å². The van der Waals surface area contributed by atoms with Gasteiger partial charge in [-0.15, -0.1) is 0 Å². The number of aliphatic hydroxyl groups is 3. The fraction of sp³-hybridized carbons (Fsp3) is 0.900. The summed E-state index contributed by atoms with van der Waals surface area (Å²) in [5.74, 6) is 1.66. The summed E-state index contributed by atoms with van der Waals surface area (Å²) in [6.07, 6.45) is 8.23. The molecule has 0 aromatic carbocycles. The average molecular weight is 320 g/mol. The van der Waals surface area contributed by atoms with E-state index in [1.165, 1.54) is 37.7 Å². The summed E-state index contributed by atoms with van der Waals surface area (Å²) in [4.78, 5) is 0. The Morgan fingerprint density at radius 1 is 1.04 bits per heavy atom. The molecule has 4 aliphatic rings. The zero-order chi connectivity index (χ0) is 16.5. The Morgan fingerprint density at radius 2 is 1.78 bits per heavy atom. The first-order chi connectivity index (χ1) is 10.9. The van der Waals surface area contributed by atoms with Crippen LogP contribution in [0.1, 0.15) is 58.3 Å². The van der Waals surface area contributed by atoms with Crippen LogP contribution in [0.3, 0.4) is 0 Å². The second kappa shape index (κ2) is 5.06. The van der Waals surface area contributed by atoms with Crippen molar-refractivity contribution in [1.82, 2.24) is 0 Å². The van der Waals surface area contributed by atoms with Gasteiger partial charge in [0, 0.05) is 5.41 Å². The van der Waals surface area contributed by atoms with Gasteiger partial charge in [-0.1, -0.05) is 19.1 Å². The molecule has 130 valence electrons. The summed E-state index contributed by atoms with van der Waals surface area (Å²) in [6, 6.07) is 0. The number of hydrogen-bond donors (Lipinski definition) is 3. The molecule has 4 fully saturated rings. The van der Waals surface area contributed by atoms with Gasteiger partial charge in [0.2, 0.25) is 0 Å². The average Bonchev–Trinajstić information content (AvgIpc) is 2.74. The Kier molecular flexibility index (Phi) is 3.54. The number of fused-ring (bicyclic) bond motifs is 3. The lowest BCUT2D eigenvalue weighted by Crippen LogP contribution is -2.61. The predicted molar refractivity (Wildman–Crippen MR) is 89.7 cm³/mol. The lowest BCUT2D eigenvalue weighted by Gasteiger charge is -2.65. The fourth-order valence-electron chi connectivity index (χ4n) is 7.83. The van der Waals surface area contributed by atoms with Gasteiger partial charge in [-0.2, -0.15) is 0 Å². The third-order valence-electron chi connectivity index (χ3n) is 8.56. The molecule has 0 amide bonds. The number of rotatable bonds is 2. The molecule has 6 atom stereocenters. The Balaban J connectivity index is 1.75. The van der Waals surface area contributed by atoms with Crippen LogP contribution in [0.2, 0.25) is 0 Å². The molecule has 0 aliphatic heterocycles. The van der Waals surface area contributed by atoms with Crippen molar-refractivity contribution in [3.63, 3.8) is 0 Å². The lowest BCUT2D eigenvalue weighted by atomic mass is 9.40. The molecule has 0 aromatic heterocycles. The second-order valence-electron chi connectivity index (χ2n) is 9.57. The number of allylic oxidation sites excluding steroid dienone is 1. The second-order valence-corrected chi connectivity index (χ2v) is 9.57. The van der Waals surface area contributed by atoms with E-state index in [1.807, 2.05) is 0 Å². The van der Waals surface area contributed by atoms with Crippen LogP contribution in [0.4, 0.5) is 0 Å². The summed E-state index contributed by atoms with van der Waals surface area (Å²) in [6.45, 7) is 6.70. The van der Waals surface area contributed by atoms with Gasteiger partial charge in [0.25, 0.3) is 0 Å². The molecule has 0 aromatic rings. The molecule has 0 unspecified atom stereocenters. The highest BCUT2D eigenvalue weighted by Gasteiger charge is 2.65. The van der Waals surface area contributed by atoms with Crippen molar-refractivity contribution < 1.29 is 15.3 Å². The van der Waals surface area contributed by atoms with Gasteiger partial charge in [0.15, 0.2) is 0 Å². The first-order valence-corrected chi connectivity index (χ1v) is 9.47. The summed E-state index contributed by atoms with van der Waals surface area (Å²) >= 11 is 0. The molecule has 4 rings (SSSR count). The van der Waals surface area contributed by atoms with E-state index in [4.69, 9.17) is 0 Å². The standard InChI is InChI=1S/C20H32O3/c1-13-7-19-6-5-17-18(2,16(19)4-3-14(13)8-19)9-15(23)10-20(17,11-21)12-22/h14-17,21-23H,1,3-12H2,2H3/t14-,15-,16-,17+,18-,19-/m0/s1. The SMILES string of the molecule is C=C1C[C@]23CC[C@H]4C(CO)(CO)C[C@@H](O)C[C@@]4(C)[C@@H]2CC[C@H]1C3. The van der Waals surface area contributed by atoms with Crippen LogP contribution in [-0.2, 0) is 0 Å². The van der Waals surface area contributed by atoms with E-state index in [0.29, 0.717) is 23.7 Å². The van der Waals surface area contributed by atoms with Crippen LogP contribution in [0.5, 0.6) is 0 Å². The van der Waals surface area contributed by atoms with Crippen molar-refractivity contribution in [2.75, 3.05) is 13.2 Å². The van der Waals surface area contributed by atoms with Crippen molar-refractivity contribution in [3.05, 3.63) is 12.2 Å². The van der Waals surface area contributed by atoms with E-state index >= 15 is 0 Å². The van der Waals surface area contributed by atoms with Gasteiger partial charge in [0.05, 0.1) is 19.3 Å². The summed E-state index contributed by atoms with van der Waals surface area (Å²) in [5, 5.41) is 30.8. The summed E-state index contributed by atoms with van der Waals surface area (Å²) < 4.78 is 0. The molecule has 1 spiro atoms. The highest BCUT2D eigenvalue weighted by Crippen LogP contribution is 2.72. The first-order valence-electron chi connectivity index (χ1n) is 9.47. The van der Waals surface area contributed by atoms with E-state index in [1.54, 1.807) is 0 Å². The molecule has 2 bridgehead atoms. The van der Waals surface area contributed by atoms with E-state index in [2.05, 4.69) is 13.5 Å². The van der Waals surface area contributed by atoms with Crippen LogP contribution < -0.4 is 0 Å². The third kappa shape index (κ3) is 1.99. The maximum absolute atomic E-state index is 10.6. The smallest absolute Gasteiger partial charge is 0.0552 e. The third-order valence-corrected chi connectivity index (χ3v) is 8.56. The minimum absolute atomic E-state index is 0.00410. The minimum atomic E-state index is -0.500. The Labute approximate surface area is 139 Å². The van der Waals surface area contributed by atoms with E-state index in [9.17, 15) is 15.3 Å². The van der Waals surface area contributed by atoms with Crippen molar-refractivity contribution in [2.45, 2.75) is 64.4 Å². The summed E-state index contributed by atoms with van der Waals surface area (Å²) in [7, 11) is 0. The molecule has 3 nitrogen and oxygen atoms in total. The molecular formula is C20H32O3. The van der Waals surface area contributed by atoms with Crippen LogP contribution in [-0.4, -0.2) is 34.6 Å². The maximum atomic E-state index is 10.6. The molecule has 0 saturated heterocycles. The van der Waals surface area contributed by atoms with E-state index < -0.39 is 11.5 Å². The molecule has 23 heavy (non-hydrogen) atoms. The van der Waals surface area contributed by atoms with Crippen molar-refractivity contribution in [1.29, 1.82) is 0 Å². The van der Waals surface area contributed by atoms with Crippen LogP contribution in [0, 0.1) is 34.0 Å². The van der Waals surface area contributed by atoms with Gasteiger partial charge in [0.1, 0.15) is 0 Å². The van der Waals surface area contributed by atoms with Gasteiger partial charge in [-0.25, -0.2) is 0 Å². The van der Waals surface area contributed by atoms with Gasteiger partial charge in [-0.05, 0) is 80.0 Å². The monoisotopic (exact) mass is 320 g/mol. The zero-order valence-corrected chi connectivity index (χ0v) is 14.4. The molecular weight excluding hydrogens is 288 g/mol. The first kappa shape index (κ1) is 16.1. The van der Waals surface area contributed by atoms with Crippen LogP contribution >= 0.6 is 0 Å².